The molecule has 9 heteroatoms. The smallest absolute Gasteiger partial charge is 0.264 e. The number of sulfonamides is 1. The van der Waals surface area contributed by atoms with Gasteiger partial charge in [0.1, 0.15) is 12.4 Å². The van der Waals surface area contributed by atoms with Crippen molar-refractivity contribution in [1.29, 1.82) is 0 Å². The standard InChI is InChI=1S/C31H39N3O5S/c1-26-13-15-30(16-14-26)40(36,37)34(17-7-12-31(35)32(2)25-27-8-4-3-5-9-27)28-10-6-11-29(24-28)39-23-20-33-18-21-38-22-19-33/h3-6,8-11,13-16,24H,7,12,17-23,25H2,1-2H3. The van der Waals surface area contributed by atoms with E-state index in [1.807, 2.05) is 43.3 Å². The molecule has 0 radical (unpaired) electrons. The van der Waals surface area contributed by atoms with Gasteiger partial charge in [-0.3, -0.25) is 14.0 Å². The summed E-state index contributed by atoms with van der Waals surface area (Å²) in [5.41, 5.74) is 2.54. The molecule has 1 amide bonds. The minimum absolute atomic E-state index is 0.0308. The molecule has 1 fully saturated rings. The van der Waals surface area contributed by atoms with E-state index in [-0.39, 0.29) is 23.8 Å². The van der Waals surface area contributed by atoms with Crippen LogP contribution in [-0.2, 0) is 26.1 Å². The largest absolute Gasteiger partial charge is 0.492 e. The summed E-state index contributed by atoms with van der Waals surface area (Å²) in [5, 5.41) is 0. The van der Waals surface area contributed by atoms with Gasteiger partial charge in [-0.05, 0) is 43.2 Å². The molecule has 0 bridgehead atoms. The lowest BCUT2D eigenvalue weighted by atomic mass is 10.2. The molecule has 40 heavy (non-hydrogen) atoms. The molecule has 8 nitrogen and oxygen atoms in total. The molecule has 0 saturated carbocycles. The third kappa shape index (κ3) is 8.30. The van der Waals surface area contributed by atoms with Crippen LogP contribution >= 0.6 is 0 Å². The Bertz CT molecular complexity index is 1330. The molecular formula is C31H39N3O5S. The lowest BCUT2D eigenvalue weighted by molar-refractivity contribution is -0.130. The minimum atomic E-state index is -3.86. The van der Waals surface area contributed by atoms with E-state index in [0.717, 1.165) is 44.0 Å². The van der Waals surface area contributed by atoms with Crippen molar-refractivity contribution >= 4 is 21.6 Å². The van der Waals surface area contributed by atoms with Crippen molar-refractivity contribution in [3.63, 3.8) is 0 Å². The van der Waals surface area contributed by atoms with E-state index in [1.165, 1.54) is 4.31 Å². The Balaban J connectivity index is 1.45. The molecule has 1 saturated heterocycles. The second kappa shape index (κ2) is 14.3. The van der Waals surface area contributed by atoms with Crippen LogP contribution in [0, 0.1) is 6.92 Å². The number of hydrogen-bond donors (Lipinski definition) is 0. The maximum absolute atomic E-state index is 13.8. The van der Waals surface area contributed by atoms with Gasteiger partial charge < -0.3 is 14.4 Å². The van der Waals surface area contributed by atoms with E-state index in [9.17, 15) is 13.2 Å². The number of ether oxygens (including phenoxy) is 2. The van der Waals surface area contributed by atoms with Gasteiger partial charge in [-0.1, -0.05) is 54.1 Å². The third-order valence-corrected chi connectivity index (χ3v) is 8.78. The quantitative estimate of drug-likeness (QED) is 0.307. The van der Waals surface area contributed by atoms with E-state index in [2.05, 4.69) is 4.90 Å². The normalized spacial score (nSPS) is 14.1. The van der Waals surface area contributed by atoms with Gasteiger partial charge in [0.15, 0.2) is 0 Å². The Morgan fingerprint density at radius 2 is 1.70 bits per heavy atom. The number of amides is 1. The average Bonchev–Trinajstić information content (AvgIpc) is 2.96. The SMILES string of the molecule is Cc1ccc(S(=O)(=O)N(CCCC(=O)N(C)Cc2ccccc2)c2cccc(OCCN3CCOCC3)c2)cc1. The second-order valence-corrected chi connectivity index (χ2v) is 11.9. The molecule has 0 spiro atoms. The topological polar surface area (TPSA) is 79.4 Å². The summed E-state index contributed by atoms with van der Waals surface area (Å²) in [6, 6.07) is 23.8. The van der Waals surface area contributed by atoms with Crippen LogP contribution in [0.1, 0.15) is 24.0 Å². The molecule has 0 aliphatic carbocycles. The highest BCUT2D eigenvalue weighted by Gasteiger charge is 2.25. The predicted octanol–water partition coefficient (Wildman–Crippen LogP) is 4.34. The van der Waals surface area contributed by atoms with Crippen LogP contribution in [0.2, 0.25) is 0 Å². The molecule has 0 unspecified atom stereocenters. The van der Waals surface area contributed by atoms with Crippen molar-refractivity contribution < 1.29 is 22.7 Å². The number of carbonyl (C=O) groups excluding carboxylic acids is 1. The molecule has 1 aliphatic rings. The fourth-order valence-corrected chi connectivity index (χ4v) is 6.08. The molecule has 4 rings (SSSR count). The van der Waals surface area contributed by atoms with E-state index in [4.69, 9.17) is 9.47 Å². The minimum Gasteiger partial charge on any atom is -0.492 e. The first kappa shape index (κ1) is 29.6. The highest BCUT2D eigenvalue weighted by atomic mass is 32.2. The van der Waals surface area contributed by atoms with E-state index < -0.39 is 10.0 Å². The van der Waals surface area contributed by atoms with Gasteiger partial charge in [-0.15, -0.1) is 0 Å². The molecule has 3 aromatic rings. The number of morpholine rings is 1. The zero-order chi connectivity index (χ0) is 28.4. The lowest BCUT2D eigenvalue weighted by Gasteiger charge is -2.27. The molecule has 1 heterocycles. The fraction of sp³-hybridized carbons (Fsp3) is 0.387. The average molecular weight is 566 g/mol. The van der Waals surface area contributed by atoms with Gasteiger partial charge in [0.2, 0.25) is 5.91 Å². The highest BCUT2D eigenvalue weighted by Crippen LogP contribution is 2.28. The first-order valence-electron chi connectivity index (χ1n) is 13.7. The Labute approximate surface area is 238 Å². The maximum Gasteiger partial charge on any atom is 0.264 e. The van der Waals surface area contributed by atoms with Crippen LogP contribution in [-0.4, -0.2) is 77.2 Å². The molecule has 3 aromatic carbocycles. The molecule has 0 atom stereocenters. The van der Waals surface area contributed by atoms with Crippen molar-refractivity contribution in [2.45, 2.75) is 31.2 Å². The highest BCUT2D eigenvalue weighted by molar-refractivity contribution is 7.92. The van der Waals surface area contributed by atoms with Gasteiger partial charge in [-0.25, -0.2) is 8.42 Å². The summed E-state index contributed by atoms with van der Waals surface area (Å²) in [4.78, 5) is 17.0. The summed E-state index contributed by atoms with van der Waals surface area (Å²) >= 11 is 0. The number of rotatable bonds is 13. The third-order valence-electron chi connectivity index (χ3n) is 6.93. The van der Waals surface area contributed by atoms with Crippen LogP contribution in [0.25, 0.3) is 0 Å². The molecule has 0 N–H and O–H groups in total. The van der Waals surface area contributed by atoms with E-state index >= 15 is 0 Å². The van der Waals surface area contributed by atoms with Crippen molar-refractivity contribution in [3.8, 4) is 5.75 Å². The van der Waals surface area contributed by atoms with Crippen molar-refractivity contribution in [1.82, 2.24) is 9.80 Å². The Morgan fingerprint density at radius 3 is 2.42 bits per heavy atom. The van der Waals surface area contributed by atoms with E-state index in [1.54, 1.807) is 54.4 Å². The van der Waals surface area contributed by atoms with Gasteiger partial charge in [0.05, 0.1) is 23.8 Å². The monoisotopic (exact) mass is 565 g/mol. The number of anilines is 1. The van der Waals surface area contributed by atoms with E-state index in [0.29, 0.717) is 31.0 Å². The molecule has 0 aromatic heterocycles. The number of aryl methyl sites for hydroxylation is 1. The number of nitrogens with zero attached hydrogens (tertiary/aromatic N) is 3. The van der Waals surface area contributed by atoms with Gasteiger partial charge in [-0.2, -0.15) is 0 Å². The summed E-state index contributed by atoms with van der Waals surface area (Å²) in [7, 11) is -2.09. The van der Waals surface area contributed by atoms with Crippen molar-refractivity contribution in [3.05, 3.63) is 90.0 Å². The first-order valence-corrected chi connectivity index (χ1v) is 15.2. The fourth-order valence-electron chi connectivity index (χ4n) is 4.58. The zero-order valence-corrected chi connectivity index (χ0v) is 24.2. The second-order valence-electron chi connectivity index (χ2n) is 10.0. The lowest BCUT2D eigenvalue weighted by Crippen LogP contribution is -2.38. The van der Waals surface area contributed by atoms with Gasteiger partial charge in [0, 0.05) is 52.3 Å². The summed E-state index contributed by atoms with van der Waals surface area (Å²) < 4.78 is 40.4. The zero-order valence-electron chi connectivity index (χ0n) is 23.4. The van der Waals surface area contributed by atoms with Gasteiger partial charge >= 0.3 is 0 Å². The van der Waals surface area contributed by atoms with Crippen molar-refractivity contribution in [2.24, 2.45) is 0 Å². The van der Waals surface area contributed by atoms with Crippen LogP contribution < -0.4 is 9.04 Å². The van der Waals surface area contributed by atoms with Crippen molar-refractivity contribution in [2.75, 3.05) is 57.4 Å². The summed E-state index contributed by atoms with van der Waals surface area (Å²) in [6.07, 6.45) is 0.615. The predicted molar refractivity (Wildman–Crippen MR) is 157 cm³/mol. The first-order chi connectivity index (χ1) is 19.3. The Hall–Kier alpha value is -3.40. The molecular weight excluding hydrogens is 526 g/mol. The Morgan fingerprint density at radius 1 is 0.975 bits per heavy atom. The maximum atomic E-state index is 13.8. The Kier molecular flexibility index (Phi) is 10.6. The number of hydrogen-bond acceptors (Lipinski definition) is 6. The van der Waals surface area contributed by atoms with Crippen LogP contribution in [0.5, 0.6) is 5.75 Å². The molecule has 214 valence electrons. The van der Waals surface area contributed by atoms with Crippen LogP contribution in [0.4, 0.5) is 5.69 Å². The van der Waals surface area contributed by atoms with Crippen LogP contribution in [0.15, 0.2) is 83.8 Å². The summed E-state index contributed by atoms with van der Waals surface area (Å²) in [6.45, 7) is 7.08. The van der Waals surface area contributed by atoms with Gasteiger partial charge in [0.25, 0.3) is 10.0 Å². The number of benzene rings is 3. The summed E-state index contributed by atoms with van der Waals surface area (Å²) in [5.74, 6) is 0.574. The number of carbonyl (C=O) groups is 1. The van der Waals surface area contributed by atoms with Crippen LogP contribution in [0.3, 0.4) is 0 Å². The molecule has 1 aliphatic heterocycles.